The van der Waals surface area contributed by atoms with Crippen LogP contribution in [0.25, 0.3) is 10.9 Å². The standard InChI is InChI=1S/C21H26N4O2/c1-4-16-14-23(21-20(26-2)10-7-11-22-21)12-13-24(16)19-15-25(27-3)18-9-6-5-8-17(18)19/h5-11,15-16H,4,12-14H2,1-3H3. The van der Waals surface area contributed by atoms with Gasteiger partial charge in [-0.3, -0.25) is 0 Å². The van der Waals surface area contributed by atoms with E-state index in [1.807, 2.05) is 29.1 Å². The molecule has 3 heterocycles. The highest BCUT2D eigenvalue weighted by atomic mass is 16.6. The lowest BCUT2D eigenvalue weighted by molar-refractivity contribution is 0.179. The first kappa shape index (κ1) is 17.5. The first-order chi connectivity index (χ1) is 13.3. The van der Waals surface area contributed by atoms with Gasteiger partial charge in [0.15, 0.2) is 11.6 Å². The normalized spacial score (nSPS) is 17.4. The topological polar surface area (TPSA) is 42.8 Å². The zero-order chi connectivity index (χ0) is 18.8. The van der Waals surface area contributed by atoms with Gasteiger partial charge in [-0.25, -0.2) is 4.98 Å². The van der Waals surface area contributed by atoms with Crippen LogP contribution < -0.4 is 19.4 Å². The second-order valence-electron chi connectivity index (χ2n) is 6.77. The Bertz CT molecular complexity index is 923. The number of rotatable bonds is 5. The van der Waals surface area contributed by atoms with Crippen molar-refractivity contribution >= 4 is 22.4 Å². The van der Waals surface area contributed by atoms with Crippen molar-refractivity contribution < 1.29 is 9.57 Å². The molecule has 1 aromatic carbocycles. The van der Waals surface area contributed by atoms with Crippen molar-refractivity contribution in [3.63, 3.8) is 0 Å². The molecule has 0 saturated carbocycles. The zero-order valence-corrected chi connectivity index (χ0v) is 16.1. The minimum absolute atomic E-state index is 0.390. The van der Waals surface area contributed by atoms with Crippen molar-refractivity contribution in [2.75, 3.05) is 43.7 Å². The van der Waals surface area contributed by atoms with Crippen molar-refractivity contribution in [1.82, 2.24) is 9.71 Å². The third-order valence-electron chi connectivity index (χ3n) is 5.39. The number of methoxy groups -OCH3 is 1. The molecule has 3 aromatic rings. The summed E-state index contributed by atoms with van der Waals surface area (Å²) in [7, 11) is 3.41. The number of para-hydroxylation sites is 1. The lowest BCUT2D eigenvalue weighted by Gasteiger charge is -2.43. The van der Waals surface area contributed by atoms with Crippen molar-refractivity contribution in [3.8, 4) is 5.75 Å². The number of piperazine rings is 1. The number of hydrogen-bond donors (Lipinski definition) is 0. The molecule has 0 spiro atoms. The van der Waals surface area contributed by atoms with Crippen LogP contribution in [0.1, 0.15) is 13.3 Å². The lowest BCUT2D eigenvalue weighted by Crippen LogP contribution is -2.53. The monoisotopic (exact) mass is 366 g/mol. The number of nitrogens with zero attached hydrogens (tertiary/aromatic N) is 4. The predicted octanol–water partition coefficient (Wildman–Crippen LogP) is 3.21. The van der Waals surface area contributed by atoms with Crippen LogP contribution in [-0.4, -0.2) is 49.6 Å². The average Bonchev–Trinajstić information content (AvgIpc) is 3.12. The van der Waals surface area contributed by atoms with Gasteiger partial charge in [0, 0.05) is 37.3 Å². The molecule has 6 nitrogen and oxygen atoms in total. The van der Waals surface area contributed by atoms with Gasteiger partial charge >= 0.3 is 0 Å². The highest BCUT2D eigenvalue weighted by Crippen LogP contribution is 2.34. The number of hydrogen-bond acceptors (Lipinski definition) is 5. The Morgan fingerprint density at radius 2 is 1.96 bits per heavy atom. The number of aromatic nitrogens is 2. The summed E-state index contributed by atoms with van der Waals surface area (Å²) in [5.41, 5.74) is 2.32. The first-order valence-electron chi connectivity index (χ1n) is 9.42. The smallest absolute Gasteiger partial charge is 0.171 e. The fraction of sp³-hybridized carbons (Fsp3) is 0.381. The van der Waals surface area contributed by atoms with Crippen LogP contribution in [0.5, 0.6) is 5.75 Å². The van der Waals surface area contributed by atoms with Gasteiger partial charge in [0.2, 0.25) is 0 Å². The van der Waals surface area contributed by atoms with E-state index < -0.39 is 0 Å². The number of benzene rings is 1. The highest BCUT2D eigenvalue weighted by Gasteiger charge is 2.30. The van der Waals surface area contributed by atoms with Crippen LogP contribution in [0.15, 0.2) is 48.8 Å². The van der Waals surface area contributed by atoms with Crippen molar-refractivity contribution in [1.29, 1.82) is 0 Å². The summed E-state index contributed by atoms with van der Waals surface area (Å²) >= 11 is 0. The van der Waals surface area contributed by atoms with Crippen LogP contribution in [0.4, 0.5) is 11.5 Å². The molecule has 142 valence electrons. The van der Waals surface area contributed by atoms with E-state index >= 15 is 0 Å². The van der Waals surface area contributed by atoms with E-state index in [9.17, 15) is 0 Å². The van der Waals surface area contributed by atoms with Crippen molar-refractivity contribution in [2.24, 2.45) is 0 Å². The highest BCUT2D eigenvalue weighted by molar-refractivity contribution is 5.93. The number of fused-ring (bicyclic) bond motifs is 1. The molecule has 4 rings (SSSR count). The van der Waals surface area contributed by atoms with Crippen LogP contribution in [-0.2, 0) is 0 Å². The van der Waals surface area contributed by atoms with E-state index in [1.54, 1.807) is 14.2 Å². The summed E-state index contributed by atoms with van der Waals surface area (Å²) in [5.74, 6) is 1.76. The Morgan fingerprint density at radius 3 is 2.74 bits per heavy atom. The van der Waals surface area contributed by atoms with E-state index in [1.165, 1.54) is 11.1 Å². The quantitative estimate of drug-likeness (QED) is 0.694. The van der Waals surface area contributed by atoms with E-state index in [-0.39, 0.29) is 0 Å². The van der Waals surface area contributed by atoms with E-state index in [0.29, 0.717) is 6.04 Å². The maximum atomic E-state index is 5.54. The van der Waals surface area contributed by atoms with E-state index in [0.717, 1.165) is 43.1 Å². The summed E-state index contributed by atoms with van der Waals surface area (Å²) in [5, 5.41) is 1.22. The molecule has 0 amide bonds. The Kier molecular flexibility index (Phi) is 4.79. The molecule has 0 aliphatic carbocycles. The number of ether oxygens (including phenoxy) is 1. The first-order valence-corrected chi connectivity index (χ1v) is 9.42. The molecule has 0 N–H and O–H groups in total. The number of anilines is 2. The molecule has 1 saturated heterocycles. The SMILES string of the molecule is CCC1CN(c2ncccc2OC)CCN1c1cn(OC)c2ccccc12. The van der Waals surface area contributed by atoms with E-state index in [4.69, 9.17) is 9.57 Å². The maximum Gasteiger partial charge on any atom is 0.171 e. The Hall–Kier alpha value is -2.89. The average molecular weight is 366 g/mol. The van der Waals surface area contributed by atoms with Gasteiger partial charge in [-0.05, 0) is 24.6 Å². The van der Waals surface area contributed by atoms with Crippen LogP contribution in [0.3, 0.4) is 0 Å². The third kappa shape index (κ3) is 3.05. The molecule has 27 heavy (non-hydrogen) atoms. The largest absolute Gasteiger partial charge is 0.493 e. The van der Waals surface area contributed by atoms with Crippen LogP contribution in [0.2, 0.25) is 0 Å². The molecule has 1 atom stereocenters. The van der Waals surface area contributed by atoms with Gasteiger partial charge in [-0.15, -0.1) is 0 Å². The molecule has 1 aliphatic rings. The van der Waals surface area contributed by atoms with Gasteiger partial charge < -0.3 is 19.4 Å². The Morgan fingerprint density at radius 1 is 1.11 bits per heavy atom. The molecule has 1 fully saturated rings. The third-order valence-corrected chi connectivity index (χ3v) is 5.39. The van der Waals surface area contributed by atoms with Crippen molar-refractivity contribution in [2.45, 2.75) is 19.4 Å². The molecular weight excluding hydrogens is 340 g/mol. The predicted molar refractivity (Wildman–Crippen MR) is 109 cm³/mol. The van der Waals surface area contributed by atoms with E-state index in [2.05, 4.69) is 46.1 Å². The minimum Gasteiger partial charge on any atom is -0.493 e. The molecule has 1 unspecified atom stereocenters. The Balaban J connectivity index is 1.65. The molecule has 6 heteroatoms. The van der Waals surface area contributed by atoms with Crippen molar-refractivity contribution in [3.05, 3.63) is 48.8 Å². The summed E-state index contributed by atoms with van der Waals surface area (Å²) in [4.78, 5) is 14.9. The summed E-state index contributed by atoms with van der Waals surface area (Å²) < 4.78 is 7.37. The molecule has 1 aliphatic heterocycles. The second kappa shape index (κ2) is 7.39. The summed E-state index contributed by atoms with van der Waals surface area (Å²) in [6.45, 7) is 4.98. The van der Waals surface area contributed by atoms with Crippen LogP contribution in [0, 0.1) is 0 Å². The van der Waals surface area contributed by atoms with Gasteiger partial charge in [-0.2, -0.15) is 4.73 Å². The number of pyridine rings is 1. The summed E-state index contributed by atoms with van der Waals surface area (Å²) in [6, 6.07) is 12.7. The Labute approximate surface area is 159 Å². The van der Waals surface area contributed by atoms with Gasteiger partial charge in [0.25, 0.3) is 0 Å². The van der Waals surface area contributed by atoms with Crippen LogP contribution >= 0.6 is 0 Å². The van der Waals surface area contributed by atoms with Gasteiger partial charge in [-0.1, -0.05) is 25.1 Å². The molecule has 2 aromatic heterocycles. The minimum atomic E-state index is 0.390. The fourth-order valence-electron chi connectivity index (χ4n) is 4.01. The lowest BCUT2D eigenvalue weighted by atomic mass is 10.1. The van der Waals surface area contributed by atoms with Gasteiger partial charge in [0.1, 0.15) is 7.11 Å². The maximum absolute atomic E-state index is 5.54. The molecular formula is C21H26N4O2. The second-order valence-corrected chi connectivity index (χ2v) is 6.77. The molecule has 0 radical (unpaired) electrons. The van der Waals surface area contributed by atoms with Gasteiger partial charge in [0.05, 0.1) is 24.5 Å². The summed E-state index contributed by atoms with van der Waals surface area (Å²) in [6.07, 6.45) is 4.99. The fourth-order valence-corrected chi connectivity index (χ4v) is 4.01. The zero-order valence-electron chi connectivity index (χ0n) is 16.1. The molecule has 0 bridgehead atoms.